The number of rotatable bonds is 7. The Morgan fingerprint density at radius 1 is 1.17 bits per heavy atom. The molecule has 1 saturated carbocycles. The quantitative estimate of drug-likeness (QED) is 0.370. The molecule has 5 N–H and O–H groups in total. The van der Waals surface area contributed by atoms with Gasteiger partial charge in [-0.25, -0.2) is 0 Å². The van der Waals surface area contributed by atoms with E-state index in [0.717, 1.165) is 24.0 Å². The van der Waals surface area contributed by atoms with Crippen LogP contribution >= 0.6 is 0 Å². The molecule has 3 rings (SSSR count). The Kier molecular flexibility index (Phi) is 8.65. The molecule has 8 heteroatoms. The molecule has 1 unspecified atom stereocenters. The van der Waals surface area contributed by atoms with Gasteiger partial charge in [0.25, 0.3) is 5.56 Å². The lowest BCUT2D eigenvalue weighted by atomic mass is 9.89. The summed E-state index contributed by atoms with van der Waals surface area (Å²) in [6.07, 6.45) is 0.890. The third kappa shape index (κ3) is 5.42. The van der Waals surface area contributed by atoms with Gasteiger partial charge in [0.05, 0.1) is 30.0 Å². The van der Waals surface area contributed by atoms with Gasteiger partial charge in [-0.1, -0.05) is 39.3 Å². The van der Waals surface area contributed by atoms with Crippen LogP contribution in [0.5, 0.6) is 5.75 Å². The van der Waals surface area contributed by atoms with Crippen LogP contribution in [0.25, 0.3) is 0 Å². The molecule has 1 aromatic heterocycles. The fourth-order valence-electron chi connectivity index (χ4n) is 5.49. The van der Waals surface area contributed by atoms with Gasteiger partial charge in [-0.05, 0) is 49.7 Å². The molecule has 1 fully saturated rings. The fourth-order valence-corrected chi connectivity index (χ4v) is 5.49. The number of hydrogen-bond donors (Lipinski definition) is 5. The molecule has 8 nitrogen and oxygen atoms in total. The van der Waals surface area contributed by atoms with Crippen molar-refractivity contribution >= 4 is 0 Å². The van der Waals surface area contributed by atoms with Crippen LogP contribution in [0.15, 0.2) is 34.3 Å². The summed E-state index contributed by atoms with van der Waals surface area (Å²) in [6.45, 7) is 10.6. The summed E-state index contributed by atoms with van der Waals surface area (Å²) < 4.78 is 7.64. The first-order valence-corrected chi connectivity index (χ1v) is 12.5. The molecule has 196 valence electrons. The zero-order valence-corrected chi connectivity index (χ0v) is 21.5. The third-order valence-electron chi connectivity index (χ3n) is 7.68. The van der Waals surface area contributed by atoms with E-state index < -0.39 is 42.0 Å². The van der Waals surface area contributed by atoms with Crippen molar-refractivity contribution in [3.05, 3.63) is 51.0 Å². The molecule has 2 heterocycles. The van der Waals surface area contributed by atoms with Gasteiger partial charge in [0.1, 0.15) is 18.0 Å². The monoisotopic (exact) mass is 491 g/mol. The van der Waals surface area contributed by atoms with Crippen molar-refractivity contribution in [2.75, 3.05) is 0 Å². The minimum absolute atomic E-state index is 0.0366. The Hall–Kier alpha value is -1.97. The number of nitrogens with zero attached hydrogens (tertiary/aromatic N) is 1. The maximum atomic E-state index is 13.1. The van der Waals surface area contributed by atoms with E-state index in [2.05, 4.69) is 26.8 Å². The molecule has 0 spiro atoms. The number of aliphatic hydroxyl groups is 4. The molecule has 2 aliphatic rings. The van der Waals surface area contributed by atoms with Gasteiger partial charge in [-0.15, -0.1) is 0 Å². The molecule has 0 amide bonds. The van der Waals surface area contributed by atoms with Crippen molar-refractivity contribution in [3.63, 3.8) is 0 Å². The van der Waals surface area contributed by atoms with Crippen LogP contribution < -0.4 is 5.56 Å². The lowest BCUT2D eigenvalue weighted by Gasteiger charge is -2.32. The molecular weight excluding hydrogens is 450 g/mol. The normalized spacial score (nSPS) is 33.5. The lowest BCUT2D eigenvalue weighted by Crippen LogP contribution is -2.32. The maximum absolute atomic E-state index is 13.1. The summed E-state index contributed by atoms with van der Waals surface area (Å²) in [4.78, 5) is 13.1. The van der Waals surface area contributed by atoms with Crippen LogP contribution in [-0.2, 0) is 11.8 Å². The highest BCUT2D eigenvalue weighted by atomic mass is 16.5. The van der Waals surface area contributed by atoms with Crippen molar-refractivity contribution in [3.8, 4) is 5.75 Å². The second kappa shape index (κ2) is 11.0. The summed E-state index contributed by atoms with van der Waals surface area (Å²) in [5.74, 6) is -0.563. The van der Waals surface area contributed by atoms with Crippen LogP contribution in [0.3, 0.4) is 0 Å². The summed E-state index contributed by atoms with van der Waals surface area (Å²) in [5.41, 5.74) is 1.75. The fraction of sp³-hybridized carbons (Fsp3) is 0.667. The molecule has 0 bridgehead atoms. The first kappa shape index (κ1) is 27.6. The van der Waals surface area contributed by atoms with Crippen molar-refractivity contribution in [1.29, 1.82) is 0 Å². The Labute approximate surface area is 207 Å². The van der Waals surface area contributed by atoms with E-state index >= 15 is 0 Å². The van der Waals surface area contributed by atoms with Gasteiger partial charge in [0.2, 0.25) is 0 Å². The number of aromatic hydroxyl groups is 1. The van der Waals surface area contributed by atoms with Gasteiger partial charge in [-0.3, -0.25) is 4.79 Å². The van der Waals surface area contributed by atoms with E-state index in [9.17, 15) is 30.3 Å². The number of ether oxygens (including phenoxy) is 1. The van der Waals surface area contributed by atoms with Crippen LogP contribution in [0, 0.1) is 11.8 Å². The van der Waals surface area contributed by atoms with E-state index in [4.69, 9.17) is 4.74 Å². The number of aromatic nitrogens is 1. The zero-order chi connectivity index (χ0) is 26.2. The molecule has 0 aromatic carbocycles. The Bertz CT molecular complexity index is 1020. The SMILES string of the molecule is CC[C@@H](C)C[C@@H](C)/C=C(\C)[C@H]1O[C@@H](c2c(O)c(C3[C@@H](O)[C@@H](O)[C@@H](O)[C@H]3O)cn(C)c2=O)CC=C1C. The topological polar surface area (TPSA) is 132 Å². The zero-order valence-electron chi connectivity index (χ0n) is 21.5. The molecule has 35 heavy (non-hydrogen) atoms. The van der Waals surface area contributed by atoms with Crippen molar-refractivity contribution in [1.82, 2.24) is 4.57 Å². The Balaban J connectivity index is 1.96. The molecule has 1 aromatic rings. The highest BCUT2D eigenvalue weighted by molar-refractivity contribution is 5.44. The Morgan fingerprint density at radius 2 is 1.77 bits per heavy atom. The number of aliphatic hydroxyl groups excluding tert-OH is 4. The maximum Gasteiger partial charge on any atom is 0.259 e. The first-order valence-electron chi connectivity index (χ1n) is 12.5. The summed E-state index contributed by atoms with van der Waals surface area (Å²) in [5, 5.41) is 52.1. The average molecular weight is 492 g/mol. The minimum atomic E-state index is -1.57. The molecule has 0 radical (unpaired) electrons. The summed E-state index contributed by atoms with van der Waals surface area (Å²) in [6, 6.07) is 0. The van der Waals surface area contributed by atoms with Gasteiger partial charge >= 0.3 is 0 Å². The highest BCUT2D eigenvalue weighted by Gasteiger charge is 2.50. The van der Waals surface area contributed by atoms with Gasteiger partial charge in [0, 0.05) is 24.7 Å². The second-order valence-corrected chi connectivity index (χ2v) is 10.6. The predicted octanol–water partition coefficient (Wildman–Crippen LogP) is 2.43. The predicted molar refractivity (Wildman–Crippen MR) is 133 cm³/mol. The van der Waals surface area contributed by atoms with Crippen molar-refractivity contribution < 1.29 is 30.3 Å². The van der Waals surface area contributed by atoms with Crippen molar-refractivity contribution in [2.45, 2.75) is 96.4 Å². The largest absolute Gasteiger partial charge is 0.507 e. The van der Waals surface area contributed by atoms with E-state index in [1.807, 2.05) is 19.9 Å². The third-order valence-corrected chi connectivity index (χ3v) is 7.68. The molecule has 1 aliphatic carbocycles. The summed E-state index contributed by atoms with van der Waals surface area (Å²) >= 11 is 0. The number of aryl methyl sites for hydroxylation is 1. The van der Waals surface area contributed by atoms with Crippen LogP contribution in [0.1, 0.15) is 77.0 Å². The number of allylic oxidation sites excluding steroid dienone is 1. The van der Waals surface area contributed by atoms with Crippen molar-refractivity contribution in [2.24, 2.45) is 18.9 Å². The lowest BCUT2D eigenvalue weighted by molar-refractivity contribution is -0.0413. The van der Waals surface area contributed by atoms with Crippen LogP contribution in [0.2, 0.25) is 0 Å². The van der Waals surface area contributed by atoms with E-state index in [1.54, 1.807) is 0 Å². The molecule has 1 aliphatic heterocycles. The van der Waals surface area contributed by atoms with Gasteiger partial charge in [0.15, 0.2) is 0 Å². The van der Waals surface area contributed by atoms with E-state index in [-0.39, 0.29) is 23.0 Å². The Morgan fingerprint density at radius 3 is 2.34 bits per heavy atom. The van der Waals surface area contributed by atoms with Gasteiger partial charge < -0.3 is 34.8 Å². The van der Waals surface area contributed by atoms with Gasteiger partial charge in [-0.2, -0.15) is 0 Å². The minimum Gasteiger partial charge on any atom is -0.507 e. The van der Waals surface area contributed by atoms with E-state index in [1.165, 1.54) is 17.8 Å². The first-order chi connectivity index (χ1) is 16.4. The number of hydrogen-bond acceptors (Lipinski definition) is 7. The molecule has 0 saturated heterocycles. The number of pyridine rings is 1. The summed E-state index contributed by atoms with van der Waals surface area (Å²) in [7, 11) is 1.51. The standard InChI is InChI=1S/C27H41NO7/c1-7-13(2)10-14(3)11-16(5)26-15(4)8-9-18(35-26)20-21(29)17(12-28(6)27(20)34)19-22(30)24(32)25(33)23(19)31/h8,11-14,18-19,22-26,29-33H,7,9-10H2,1-6H3/b16-11+/t13-,14-,18-,19?,22-,23+,24-,25+,26+/m1/s1. The average Bonchev–Trinajstić information content (AvgIpc) is 2.99. The second-order valence-electron chi connectivity index (χ2n) is 10.6. The van der Waals surface area contributed by atoms with Crippen LogP contribution in [0.4, 0.5) is 0 Å². The molecular formula is C27H41NO7. The van der Waals surface area contributed by atoms with Crippen LogP contribution in [-0.4, -0.2) is 60.6 Å². The highest BCUT2D eigenvalue weighted by Crippen LogP contribution is 2.43. The van der Waals surface area contributed by atoms with E-state index in [0.29, 0.717) is 18.3 Å². The smallest absolute Gasteiger partial charge is 0.259 e. The molecule has 9 atom stereocenters.